The summed E-state index contributed by atoms with van der Waals surface area (Å²) in [5.74, 6) is 0.834. The Balaban J connectivity index is 1.83. The van der Waals surface area contributed by atoms with Crippen molar-refractivity contribution >= 4 is 17.5 Å². The van der Waals surface area contributed by atoms with Gasteiger partial charge in [-0.2, -0.15) is 0 Å². The van der Waals surface area contributed by atoms with Gasteiger partial charge in [0.2, 0.25) is 0 Å². The van der Waals surface area contributed by atoms with E-state index in [-0.39, 0.29) is 0 Å². The molecule has 4 heteroatoms. The molecule has 1 amide bonds. The van der Waals surface area contributed by atoms with Crippen molar-refractivity contribution < 1.29 is 9.53 Å². The summed E-state index contributed by atoms with van der Waals surface area (Å²) in [6.07, 6.45) is 2.04. The van der Waals surface area contributed by atoms with Crippen LogP contribution in [-0.2, 0) is 4.74 Å². The van der Waals surface area contributed by atoms with Crippen LogP contribution in [0.5, 0.6) is 0 Å². The number of benzene rings is 1. The molecule has 0 unspecified atom stereocenters. The molecule has 20 heavy (non-hydrogen) atoms. The van der Waals surface area contributed by atoms with Crippen molar-refractivity contribution in [2.45, 2.75) is 52.2 Å². The standard InChI is InChI=1S/C16H24N2O2/c1-11-9-14(10-11)17-12-5-7-13(8-6-12)18-15(19)20-16(2,3)4/h5-8,11,14,17H,9-10H2,1-4H3,(H,18,19). The quantitative estimate of drug-likeness (QED) is 0.868. The van der Waals surface area contributed by atoms with Crippen LogP contribution in [0.4, 0.5) is 16.2 Å². The molecule has 1 aromatic carbocycles. The first-order valence-electron chi connectivity index (χ1n) is 7.18. The Morgan fingerprint density at radius 2 is 1.70 bits per heavy atom. The van der Waals surface area contributed by atoms with E-state index in [0.29, 0.717) is 6.04 Å². The van der Waals surface area contributed by atoms with E-state index < -0.39 is 11.7 Å². The van der Waals surface area contributed by atoms with Gasteiger partial charge in [0.05, 0.1) is 0 Å². The predicted octanol–water partition coefficient (Wildman–Crippen LogP) is 4.24. The second-order valence-corrected chi connectivity index (χ2v) is 6.62. The van der Waals surface area contributed by atoms with Crippen LogP contribution in [0.3, 0.4) is 0 Å². The molecular formula is C16H24N2O2. The van der Waals surface area contributed by atoms with Crippen LogP contribution in [0.25, 0.3) is 0 Å². The highest BCUT2D eigenvalue weighted by atomic mass is 16.6. The third-order valence-corrected chi connectivity index (χ3v) is 3.27. The number of rotatable bonds is 3. The van der Waals surface area contributed by atoms with Gasteiger partial charge in [0.25, 0.3) is 0 Å². The largest absolute Gasteiger partial charge is 0.444 e. The van der Waals surface area contributed by atoms with Gasteiger partial charge in [-0.05, 0) is 63.8 Å². The van der Waals surface area contributed by atoms with E-state index in [2.05, 4.69) is 17.6 Å². The van der Waals surface area contributed by atoms with Crippen molar-refractivity contribution in [2.24, 2.45) is 5.92 Å². The third-order valence-electron chi connectivity index (χ3n) is 3.27. The predicted molar refractivity (Wildman–Crippen MR) is 82.1 cm³/mol. The molecule has 1 aromatic rings. The normalized spacial score (nSPS) is 21.8. The average molecular weight is 276 g/mol. The van der Waals surface area contributed by atoms with Crippen LogP contribution >= 0.6 is 0 Å². The summed E-state index contributed by atoms with van der Waals surface area (Å²) in [6.45, 7) is 7.81. The number of hydrogen-bond acceptors (Lipinski definition) is 3. The van der Waals surface area contributed by atoms with E-state index in [4.69, 9.17) is 4.74 Å². The summed E-state index contributed by atoms with van der Waals surface area (Å²) in [7, 11) is 0. The summed E-state index contributed by atoms with van der Waals surface area (Å²) in [5, 5.41) is 6.21. The van der Waals surface area contributed by atoms with E-state index >= 15 is 0 Å². The zero-order valence-electron chi connectivity index (χ0n) is 12.7. The zero-order chi connectivity index (χ0) is 14.8. The minimum Gasteiger partial charge on any atom is -0.444 e. The second-order valence-electron chi connectivity index (χ2n) is 6.62. The smallest absolute Gasteiger partial charge is 0.412 e. The first kappa shape index (κ1) is 14.7. The first-order valence-corrected chi connectivity index (χ1v) is 7.18. The van der Waals surface area contributed by atoms with Gasteiger partial charge in [-0.3, -0.25) is 5.32 Å². The van der Waals surface area contributed by atoms with Gasteiger partial charge in [-0.1, -0.05) is 6.92 Å². The summed E-state index contributed by atoms with van der Waals surface area (Å²) in [6, 6.07) is 8.32. The fourth-order valence-electron chi connectivity index (χ4n) is 2.33. The van der Waals surface area contributed by atoms with Crippen LogP contribution < -0.4 is 10.6 Å². The molecule has 1 fully saturated rings. The molecule has 2 N–H and O–H groups in total. The minimum atomic E-state index is -0.480. The molecular weight excluding hydrogens is 252 g/mol. The van der Waals surface area contributed by atoms with E-state index in [1.807, 2.05) is 45.0 Å². The van der Waals surface area contributed by atoms with E-state index in [0.717, 1.165) is 17.3 Å². The molecule has 4 nitrogen and oxygen atoms in total. The lowest BCUT2D eigenvalue weighted by atomic mass is 9.82. The van der Waals surface area contributed by atoms with Crippen molar-refractivity contribution in [3.63, 3.8) is 0 Å². The lowest BCUT2D eigenvalue weighted by Gasteiger charge is -2.34. The molecule has 0 radical (unpaired) electrons. The number of carbonyl (C=O) groups excluding carboxylic acids is 1. The average Bonchev–Trinajstić information content (AvgIpc) is 2.27. The molecule has 1 saturated carbocycles. The number of hydrogen-bond donors (Lipinski definition) is 2. The first-order chi connectivity index (χ1) is 9.32. The number of nitrogens with one attached hydrogen (secondary N) is 2. The van der Waals surface area contributed by atoms with Crippen LogP contribution in [-0.4, -0.2) is 17.7 Å². The van der Waals surface area contributed by atoms with Crippen molar-refractivity contribution in [1.29, 1.82) is 0 Å². The highest BCUT2D eigenvalue weighted by Crippen LogP contribution is 2.29. The highest BCUT2D eigenvalue weighted by Gasteiger charge is 2.24. The van der Waals surface area contributed by atoms with E-state index in [9.17, 15) is 4.79 Å². The minimum absolute atomic E-state index is 0.425. The van der Waals surface area contributed by atoms with Gasteiger partial charge >= 0.3 is 6.09 Å². The lowest BCUT2D eigenvalue weighted by molar-refractivity contribution is 0.0636. The maximum Gasteiger partial charge on any atom is 0.412 e. The fraction of sp³-hybridized carbons (Fsp3) is 0.562. The third kappa shape index (κ3) is 4.44. The van der Waals surface area contributed by atoms with Crippen molar-refractivity contribution in [3.8, 4) is 0 Å². The Labute approximate surface area is 120 Å². The van der Waals surface area contributed by atoms with Crippen LogP contribution in [0.15, 0.2) is 24.3 Å². The van der Waals surface area contributed by atoms with Gasteiger partial charge in [-0.15, -0.1) is 0 Å². The summed E-state index contributed by atoms with van der Waals surface area (Å²) in [5.41, 5.74) is 1.36. The number of amides is 1. The Morgan fingerprint density at radius 3 is 2.20 bits per heavy atom. The Hall–Kier alpha value is -1.71. The second kappa shape index (κ2) is 5.73. The number of carbonyl (C=O) groups is 1. The maximum atomic E-state index is 11.6. The molecule has 0 aliphatic heterocycles. The van der Waals surface area contributed by atoms with Crippen LogP contribution in [0.2, 0.25) is 0 Å². The van der Waals surface area contributed by atoms with Crippen LogP contribution in [0, 0.1) is 5.92 Å². The number of anilines is 2. The summed E-state index contributed by atoms with van der Waals surface area (Å²) < 4.78 is 5.21. The Morgan fingerprint density at radius 1 is 1.15 bits per heavy atom. The monoisotopic (exact) mass is 276 g/mol. The van der Waals surface area contributed by atoms with Gasteiger partial charge < -0.3 is 10.1 Å². The lowest BCUT2D eigenvalue weighted by Crippen LogP contribution is -2.33. The Kier molecular flexibility index (Phi) is 4.21. The molecule has 0 aromatic heterocycles. The summed E-state index contributed by atoms with van der Waals surface area (Å²) >= 11 is 0. The van der Waals surface area contributed by atoms with Gasteiger partial charge in [0, 0.05) is 17.4 Å². The molecule has 0 heterocycles. The topological polar surface area (TPSA) is 50.4 Å². The van der Waals surface area contributed by atoms with E-state index in [1.54, 1.807) is 0 Å². The zero-order valence-corrected chi connectivity index (χ0v) is 12.7. The molecule has 0 bridgehead atoms. The molecule has 1 aliphatic carbocycles. The molecule has 110 valence electrons. The highest BCUT2D eigenvalue weighted by molar-refractivity contribution is 5.85. The van der Waals surface area contributed by atoms with Crippen LogP contribution in [0.1, 0.15) is 40.5 Å². The van der Waals surface area contributed by atoms with Gasteiger partial charge in [0.15, 0.2) is 0 Å². The molecule has 1 aliphatic rings. The van der Waals surface area contributed by atoms with E-state index in [1.165, 1.54) is 12.8 Å². The van der Waals surface area contributed by atoms with Crippen molar-refractivity contribution in [1.82, 2.24) is 0 Å². The van der Waals surface area contributed by atoms with Gasteiger partial charge in [0.1, 0.15) is 5.60 Å². The van der Waals surface area contributed by atoms with Gasteiger partial charge in [-0.25, -0.2) is 4.79 Å². The molecule has 0 atom stereocenters. The molecule has 0 saturated heterocycles. The Bertz CT molecular complexity index is 456. The number of ether oxygens (including phenoxy) is 1. The SMILES string of the molecule is CC1CC(Nc2ccc(NC(=O)OC(C)(C)C)cc2)C1. The van der Waals surface area contributed by atoms with Crippen molar-refractivity contribution in [3.05, 3.63) is 24.3 Å². The molecule has 2 rings (SSSR count). The van der Waals surface area contributed by atoms with Crippen molar-refractivity contribution in [2.75, 3.05) is 10.6 Å². The maximum absolute atomic E-state index is 11.6. The summed E-state index contributed by atoms with van der Waals surface area (Å²) in [4.78, 5) is 11.6. The fourth-order valence-corrected chi connectivity index (χ4v) is 2.33. The molecule has 0 spiro atoms.